The zero-order valence-corrected chi connectivity index (χ0v) is 7.73. The maximum absolute atomic E-state index is 9.36. The van der Waals surface area contributed by atoms with Gasteiger partial charge in [0.2, 0.25) is 0 Å². The Labute approximate surface area is 82.0 Å². The summed E-state index contributed by atoms with van der Waals surface area (Å²) in [4.78, 5) is 4.34. The molecule has 14 heavy (non-hydrogen) atoms. The van der Waals surface area contributed by atoms with Crippen LogP contribution in [0.2, 0.25) is 0 Å². The van der Waals surface area contributed by atoms with E-state index in [0.29, 0.717) is 12.5 Å². The smallest absolute Gasteiger partial charge is 0.138 e. The third-order valence-electron chi connectivity index (χ3n) is 2.86. The Hall–Kier alpha value is -1.35. The summed E-state index contributed by atoms with van der Waals surface area (Å²) in [5, 5.41) is 9.36. The molecule has 0 amide bonds. The van der Waals surface area contributed by atoms with Crippen LogP contribution in [-0.4, -0.2) is 23.7 Å². The van der Waals surface area contributed by atoms with Gasteiger partial charge < -0.3 is 9.84 Å². The van der Waals surface area contributed by atoms with E-state index >= 15 is 0 Å². The zero-order valence-electron chi connectivity index (χ0n) is 7.73. The number of ether oxygens (including phenoxy) is 1. The predicted molar refractivity (Wildman–Crippen MR) is 52.7 cm³/mol. The van der Waals surface area contributed by atoms with Gasteiger partial charge in [-0.1, -0.05) is 0 Å². The minimum Gasteiger partial charge on any atom is -0.508 e. The molecule has 0 fully saturated rings. The minimum absolute atomic E-state index is 0.187. The van der Waals surface area contributed by atoms with Crippen molar-refractivity contribution in [2.75, 3.05) is 6.73 Å². The molecule has 1 aliphatic heterocycles. The maximum Gasteiger partial charge on any atom is 0.138 e. The molecule has 0 bridgehead atoms. The van der Waals surface area contributed by atoms with Gasteiger partial charge in [0.15, 0.2) is 0 Å². The van der Waals surface area contributed by atoms with E-state index in [4.69, 9.17) is 4.74 Å². The van der Waals surface area contributed by atoms with Crippen molar-refractivity contribution in [2.45, 2.75) is 18.9 Å². The molecule has 0 aromatic heterocycles. The molecule has 2 aliphatic rings. The number of hydrogen-bond acceptors (Lipinski definition) is 3. The Morgan fingerprint density at radius 1 is 1.43 bits per heavy atom. The van der Waals surface area contributed by atoms with E-state index in [2.05, 4.69) is 4.99 Å². The van der Waals surface area contributed by atoms with Crippen molar-refractivity contribution in [2.24, 2.45) is 4.99 Å². The summed E-state index contributed by atoms with van der Waals surface area (Å²) in [5.41, 5.74) is 3.40. The first-order valence-electron chi connectivity index (χ1n) is 4.83. The third-order valence-corrected chi connectivity index (χ3v) is 2.86. The van der Waals surface area contributed by atoms with Gasteiger partial charge in [0.1, 0.15) is 18.6 Å². The summed E-state index contributed by atoms with van der Waals surface area (Å²) < 4.78 is 5.48. The fourth-order valence-electron chi connectivity index (χ4n) is 2.18. The average Bonchev–Trinajstić information content (AvgIpc) is 2.65. The topological polar surface area (TPSA) is 41.8 Å². The molecule has 1 aliphatic carbocycles. The molecule has 0 radical (unpaired) electrons. The van der Waals surface area contributed by atoms with E-state index in [9.17, 15) is 5.11 Å². The van der Waals surface area contributed by atoms with E-state index in [1.165, 1.54) is 5.56 Å². The van der Waals surface area contributed by atoms with Gasteiger partial charge in [0.05, 0.1) is 5.71 Å². The molecule has 1 N–H and O–H groups in total. The van der Waals surface area contributed by atoms with Crippen LogP contribution in [0.1, 0.15) is 17.5 Å². The first kappa shape index (κ1) is 8.00. The number of aryl methyl sites for hydroxylation is 1. The van der Waals surface area contributed by atoms with E-state index in [1.807, 2.05) is 12.1 Å². The fourth-order valence-corrected chi connectivity index (χ4v) is 2.18. The predicted octanol–water partition coefficient (Wildman–Crippen LogP) is 1.48. The van der Waals surface area contributed by atoms with E-state index < -0.39 is 0 Å². The molecule has 3 nitrogen and oxygen atoms in total. The number of rotatable bonds is 0. The highest BCUT2D eigenvalue weighted by atomic mass is 16.5. The third kappa shape index (κ3) is 1.06. The molecule has 1 unspecified atom stereocenters. The van der Waals surface area contributed by atoms with E-state index in [-0.39, 0.29) is 6.10 Å². The monoisotopic (exact) mass is 189 g/mol. The summed E-state index contributed by atoms with van der Waals surface area (Å²) in [7, 11) is 0. The molecule has 0 saturated carbocycles. The number of nitrogens with zero attached hydrogens (tertiary/aromatic N) is 1. The highest BCUT2D eigenvalue weighted by molar-refractivity contribution is 6.06. The number of hydrogen-bond donors (Lipinski definition) is 1. The molecule has 72 valence electrons. The second-order valence-corrected chi connectivity index (χ2v) is 3.71. The van der Waals surface area contributed by atoms with Gasteiger partial charge in [-0.2, -0.15) is 0 Å². The van der Waals surface area contributed by atoms with Gasteiger partial charge in [-0.05, 0) is 36.6 Å². The lowest BCUT2D eigenvalue weighted by molar-refractivity contribution is 0.119. The second-order valence-electron chi connectivity index (χ2n) is 3.71. The van der Waals surface area contributed by atoms with Crippen LogP contribution in [0.3, 0.4) is 0 Å². The van der Waals surface area contributed by atoms with Crippen LogP contribution in [-0.2, 0) is 11.2 Å². The molecule has 1 aromatic rings. The van der Waals surface area contributed by atoms with Crippen LogP contribution >= 0.6 is 0 Å². The molecule has 1 aromatic carbocycles. The maximum atomic E-state index is 9.36. The Bertz CT molecular complexity index is 412. The van der Waals surface area contributed by atoms with Crippen molar-refractivity contribution in [3.63, 3.8) is 0 Å². The van der Waals surface area contributed by atoms with Gasteiger partial charge in [-0.15, -0.1) is 0 Å². The standard InChI is InChI=1S/C11H11NO2/c13-8-2-3-9-7(5-8)1-4-10-11(9)12-6-14-10/h2-3,5,10,13H,1,4,6H2. The molecule has 0 saturated heterocycles. The number of aromatic hydroxyl groups is 1. The molecule has 1 heterocycles. The Morgan fingerprint density at radius 2 is 2.36 bits per heavy atom. The molecule has 3 rings (SSSR count). The Kier molecular flexibility index (Phi) is 1.61. The van der Waals surface area contributed by atoms with Gasteiger partial charge in [-0.25, -0.2) is 0 Å². The summed E-state index contributed by atoms with van der Waals surface area (Å²) in [6.07, 6.45) is 2.13. The molecule has 0 spiro atoms. The van der Waals surface area contributed by atoms with Gasteiger partial charge in [0.25, 0.3) is 0 Å². The van der Waals surface area contributed by atoms with E-state index in [0.717, 1.165) is 24.1 Å². The van der Waals surface area contributed by atoms with Crippen LogP contribution in [0.4, 0.5) is 0 Å². The van der Waals surface area contributed by atoms with Crippen molar-refractivity contribution in [3.8, 4) is 5.75 Å². The van der Waals surface area contributed by atoms with Crippen molar-refractivity contribution >= 4 is 5.71 Å². The lowest BCUT2D eigenvalue weighted by Gasteiger charge is -2.21. The summed E-state index contributed by atoms with van der Waals surface area (Å²) >= 11 is 0. The first-order chi connectivity index (χ1) is 6.84. The van der Waals surface area contributed by atoms with Crippen molar-refractivity contribution in [1.82, 2.24) is 0 Å². The average molecular weight is 189 g/mol. The van der Waals surface area contributed by atoms with Crippen molar-refractivity contribution < 1.29 is 9.84 Å². The Balaban J connectivity index is 2.14. The largest absolute Gasteiger partial charge is 0.508 e. The van der Waals surface area contributed by atoms with Crippen LogP contribution in [0.15, 0.2) is 23.2 Å². The quantitative estimate of drug-likeness (QED) is 0.671. The second kappa shape index (κ2) is 2.82. The van der Waals surface area contributed by atoms with E-state index in [1.54, 1.807) is 6.07 Å². The first-order valence-corrected chi connectivity index (χ1v) is 4.83. The van der Waals surface area contributed by atoms with Crippen molar-refractivity contribution in [3.05, 3.63) is 29.3 Å². The highest BCUT2D eigenvalue weighted by Gasteiger charge is 2.29. The number of fused-ring (bicyclic) bond motifs is 3. The lowest BCUT2D eigenvalue weighted by atomic mass is 9.88. The molecule has 1 atom stereocenters. The molecule has 3 heteroatoms. The lowest BCUT2D eigenvalue weighted by Crippen LogP contribution is -2.26. The fraction of sp³-hybridized carbons (Fsp3) is 0.364. The van der Waals surface area contributed by atoms with Crippen LogP contribution < -0.4 is 0 Å². The number of phenolic OH excluding ortho intramolecular Hbond substituents is 1. The zero-order chi connectivity index (χ0) is 9.54. The Morgan fingerprint density at radius 3 is 3.29 bits per heavy atom. The van der Waals surface area contributed by atoms with Crippen LogP contribution in [0.25, 0.3) is 0 Å². The van der Waals surface area contributed by atoms with Gasteiger partial charge >= 0.3 is 0 Å². The van der Waals surface area contributed by atoms with Crippen LogP contribution in [0.5, 0.6) is 5.75 Å². The number of aliphatic imine (C=N–C) groups is 1. The van der Waals surface area contributed by atoms with Crippen molar-refractivity contribution in [1.29, 1.82) is 0 Å². The summed E-state index contributed by atoms with van der Waals surface area (Å²) in [6.45, 7) is 0.486. The van der Waals surface area contributed by atoms with Crippen LogP contribution in [0, 0.1) is 0 Å². The summed E-state index contributed by atoms with van der Waals surface area (Å²) in [6, 6.07) is 5.47. The minimum atomic E-state index is 0.187. The molecular formula is C11H11NO2. The normalized spacial score (nSPS) is 24.0. The summed E-state index contributed by atoms with van der Waals surface area (Å²) in [5.74, 6) is 0.335. The number of benzene rings is 1. The SMILES string of the molecule is Oc1ccc2c(c1)CCC1OCN=C21. The van der Waals surface area contributed by atoms with Gasteiger partial charge in [0, 0.05) is 5.56 Å². The highest BCUT2D eigenvalue weighted by Crippen LogP contribution is 2.29. The molecular weight excluding hydrogens is 178 g/mol. The van der Waals surface area contributed by atoms with Gasteiger partial charge in [-0.3, -0.25) is 4.99 Å². The number of phenols is 1.